The minimum atomic E-state index is 0.540. The van der Waals surface area contributed by atoms with Crippen molar-refractivity contribution in [1.82, 2.24) is 15.3 Å². The predicted molar refractivity (Wildman–Crippen MR) is 84.0 cm³/mol. The van der Waals surface area contributed by atoms with E-state index >= 15 is 0 Å². The van der Waals surface area contributed by atoms with Crippen LogP contribution in [0.5, 0.6) is 0 Å². The number of hydrogen-bond acceptors (Lipinski definition) is 3. The molecule has 2 heterocycles. The van der Waals surface area contributed by atoms with Gasteiger partial charge < -0.3 is 10.6 Å². The maximum atomic E-state index is 5.22. The first-order valence-electron chi connectivity index (χ1n) is 5.71. The lowest BCUT2D eigenvalue weighted by atomic mass is 10.3. The summed E-state index contributed by atoms with van der Waals surface area (Å²) in [6.45, 7) is 2.64. The molecule has 2 N–H and O–H groups in total. The minimum absolute atomic E-state index is 0.540. The van der Waals surface area contributed by atoms with E-state index in [4.69, 9.17) is 12.2 Å². The van der Waals surface area contributed by atoms with Gasteiger partial charge in [-0.15, -0.1) is 0 Å². The van der Waals surface area contributed by atoms with Gasteiger partial charge in [0.2, 0.25) is 0 Å². The molecule has 0 spiro atoms. The number of hydrogen-bond donors (Lipinski definition) is 2. The number of pyridine rings is 2. The van der Waals surface area contributed by atoms with Crippen LogP contribution in [0.15, 0.2) is 41.3 Å². The van der Waals surface area contributed by atoms with Crippen molar-refractivity contribution in [2.75, 3.05) is 5.32 Å². The van der Waals surface area contributed by atoms with E-state index < -0.39 is 0 Å². The second-order valence-corrected chi connectivity index (χ2v) is 5.25. The van der Waals surface area contributed by atoms with E-state index in [1.165, 1.54) is 0 Å². The number of thiocarbonyl (C=S) groups is 1. The molecule has 0 saturated carbocycles. The van der Waals surface area contributed by atoms with Crippen molar-refractivity contribution in [1.29, 1.82) is 0 Å². The lowest BCUT2D eigenvalue weighted by Gasteiger charge is -2.10. The highest BCUT2D eigenvalue weighted by molar-refractivity contribution is 9.10. The molecular weight excluding hydrogens is 324 g/mol. The highest BCUT2D eigenvalue weighted by Crippen LogP contribution is 2.17. The van der Waals surface area contributed by atoms with Gasteiger partial charge >= 0.3 is 0 Å². The zero-order chi connectivity index (χ0) is 13.7. The van der Waals surface area contributed by atoms with Crippen molar-refractivity contribution in [2.45, 2.75) is 13.5 Å². The van der Waals surface area contributed by atoms with Crippen LogP contribution in [-0.4, -0.2) is 15.1 Å². The summed E-state index contributed by atoms with van der Waals surface area (Å²) >= 11 is 8.63. The molecule has 6 heteroatoms. The number of nitrogens with one attached hydrogen (secondary N) is 2. The fourth-order valence-electron chi connectivity index (χ4n) is 1.45. The van der Waals surface area contributed by atoms with Gasteiger partial charge in [-0.25, -0.2) is 4.98 Å². The molecule has 0 radical (unpaired) electrons. The van der Waals surface area contributed by atoms with Crippen LogP contribution in [0, 0.1) is 6.92 Å². The molecule has 0 amide bonds. The van der Waals surface area contributed by atoms with E-state index in [2.05, 4.69) is 36.5 Å². The first-order chi connectivity index (χ1) is 9.15. The molecule has 0 aliphatic carbocycles. The van der Waals surface area contributed by atoms with Crippen molar-refractivity contribution < 1.29 is 0 Å². The van der Waals surface area contributed by atoms with Crippen LogP contribution in [0.3, 0.4) is 0 Å². The van der Waals surface area contributed by atoms with Gasteiger partial charge in [-0.2, -0.15) is 0 Å². The second kappa shape index (κ2) is 6.58. The molecule has 0 aliphatic rings. The van der Waals surface area contributed by atoms with Crippen molar-refractivity contribution in [2.24, 2.45) is 0 Å². The lowest BCUT2D eigenvalue weighted by molar-refractivity contribution is 0.915. The number of nitrogens with zero attached hydrogens (tertiary/aromatic N) is 2. The molecule has 4 nitrogen and oxygen atoms in total. The van der Waals surface area contributed by atoms with Gasteiger partial charge in [0, 0.05) is 29.6 Å². The SMILES string of the molecule is Cc1cc(NC(=S)NCc2cccnc2)ncc1Br. The van der Waals surface area contributed by atoms with E-state index in [9.17, 15) is 0 Å². The summed E-state index contributed by atoms with van der Waals surface area (Å²) in [5.74, 6) is 0.726. The quantitative estimate of drug-likeness (QED) is 0.843. The highest BCUT2D eigenvalue weighted by Gasteiger charge is 2.01. The molecule has 0 unspecified atom stereocenters. The summed E-state index contributed by atoms with van der Waals surface area (Å²) in [6, 6.07) is 5.82. The molecule has 0 bridgehead atoms. The van der Waals surface area contributed by atoms with Crippen LogP contribution in [-0.2, 0) is 6.54 Å². The van der Waals surface area contributed by atoms with Gasteiger partial charge in [-0.3, -0.25) is 4.98 Å². The summed E-state index contributed by atoms with van der Waals surface area (Å²) in [6.07, 6.45) is 5.30. The molecule has 0 saturated heterocycles. The van der Waals surface area contributed by atoms with Crippen LogP contribution in [0.25, 0.3) is 0 Å². The zero-order valence-electron chi connectivity index (χ0n) is 10.4. The van der Waals surface area contributed by atoms with Crippen LogP contribution < -0.4 is 10.6 Å². The summed E-state index contributed by atoms with van der Waals surface area (Å²) in [7, 11) is 0. The normalized spacial score (nSPS) is 10.0. The Hall–Kier alpha value is -1.53. The van der Waals surface area contributed by atoms with Crippen molar-refractivity contribution in [3.05, 3.63) is 52.4 Å². The van der Waals surface area contributed by atoms with Gasteiger partial charge in [0.05, 0.1) is 0 Å². The van der Waals surface area contributed by atoms with E-state index in [-0.39, 0.29) is 0 Å². The molecule has 0 aromatic carbocycles. The second-order valence-electron chi connectivity index (χ2n) is 3.99. The maximum Gasteiger partial charge on any atom is 0.172 e. The highest BCUT2D eigenvalue weighted by atomic mass is 79.9. The Bertz CT molecular complexity index is 574. The third-order valence-electron chi connectivity index (χ3n) is 2.46. The van der Waals surface area contributed by atoms with E-state index in [1.54, 1.807) is 18.6 Å². The van der Waals surface area contributed by atoms with E-state index in [0.717, 1.165) is 21.4 Å². The Balaban J connectivity index is 1.89. The maximum absolute atomic E-state index is 5.22. The number of anilines is 1. The molecule has 0 aliphatic heterocycles. The van der Waals surface area contributed by atoms with Gasteiger partial charge in [-0.1, -0.05) is 6.07 Å². The third-order valence-corrected chi connectivity index (χ3v) is 3.54. The molecule has 19 heavy (non-hydrogen) atoms. The van der Waals surface area contributed by atoms with Gasteiger partial charge in [0.1, 0.15) is 5.82 Å². The fourth-order valence-corrected chi connectivity index (χ4v) is 1.85. The van der Waals surface area contributed by atoms with Crippen molar-refractivity contribution in [3.8, 4) is 0 Å². The molecular formula is C13H13BrN4S. The molecule has 2 aromatic heterocycles. The molecule has 2 aromatic rings. The smallest absolute Gasteiger partial charge is 0.172 e. The fraction of sp³-hybridized carbons (Fsp3) is 0.154. The average Bonchev–Trinajstić information content (AvgIpc) is 2.42. The predicted octanol–water partition coefficient (Wildman–Crippen LogP) is 3.03. The molecule has 0 fully saturated rings. The number of rotatable bonds is 3. The van der Waals surface area contributed by atoms with Crippen molar-refractivity contribution in [3.63, 3.8) is 0 Å². The zero-order valence-corrected chi connectivity index (χ0v) is 12.8. The minimum Gasteiger partial charge on any atom is -0.358 e. The van der Waals surface area contributed by atoms with Gasteiger partial charge in [-0.05, 0) is 58.3 Å². The van der Waals surface area contributed by atoms with Crippen LogP contribution in [0.1, 0.15) is 11.1 Å². The molecule has 2 rings (SSSR count). The van der Waals surface area contributed by atoms with Gasteiger partial charge in [0.25, 0.3) is 0 Å². The van der Waals surface area contributed by atoms with E-state index in [1.807, 2.05) is 25.1 Å². The van der Waals surface area contributed by atoms with Gasteiger partial charge in [0.15, 0.2) is 5.11 Å². The standard InChI is InChI=1S/C13H13BrN4S/c1-9-5-12(16-8-11(9)14)18-13(19)17-7-10-3-2-4-15-6-10/h2-6,8H,7H2,1H3,(H2,16,17,18,19). The Kier molecular flexibility index (Phi) is 4.81. The topological polar surface area (TPSA) is 49.8 Å². The summed E-state index contributed by atoms with van der Waals surface area (Å²) in [5, 5.41) is 6.70. The number of aromatic nitrogens is 2. The Morgan fingerprint density at radius 2 is 2.26 bits per heavy atom. The summed E-state index contributed by atoms with van der Waals surface area (Å²) < 4.78 is 0.979. The number of aryl methyl sites for hydroxylation is 1. The summed E-state index contributed by atoms with van der Waals surface area (Å²) in [4.78, 5) is 8.28. The Morgan fingerprint density at radius 1 is 1.42 bits per heavy atom. The first-order valence-corrected chi connectivity index (χ1v) is 6.91. The lowest BCUT2D eigenvalue weighted by Crippen LogP contribution is -2.28. The Morgan fingerprint density at radius 3 is 2.95 bits per heavy atom. The third kappa shape index (κ3) is 4.25. The van der Waals surface area contributed by atoms with Crippen LogP contribution >= 0.6 is 28.1 Å². The average molecular weight is 337 g/mol. The molecule has 0 atom stereocenters. The van der Waals surface area contributed by atoms with Crippen LogP contribution in [0.4, 0.5) is 5.82 Å². The number of halogens is 1. The first kappa shape index (κ1) is 13.9. The Labute approximate surface area is 125 Å². The molecule has 98 valence electrons. The van der Waals surface area contributed by atoms with Crippen molar-refractivity contribution >= 4 is 39.1 Å². The van der Waals surface area contributed by atoms with Crippen LogP contribution in [0.2, 0.25) is 0 Å². The largest absolute Gasteiger partial charge is 0.358 e. The summed E-state index contributed by atoms with van der Waals surface area (Å²) in [5.41, 5.74) is 2.18. The van der Waals surface area contributed by atoms with E-state index in [0.29, 0.717) is 11.7 Å². The monoisotopic (exact) mass is 336 g/mol.